The molecule has 0 radical (unpaired) electrons. The van der Waals surface area contributed by atoms with Crippen molar-refractivity contribution in [2.75, 3.05) is 24.3 Å². The number of rotatable bonds is 2. The smallest absolute Gasteiger partial charge is 0.253 e. The number of halogens is 1. The van der Waals surface area contributed by atoms with Crippen LogP contribution in [0.1, 0.15) is 16.8 Å². The van der Waals surface area contributed by atoms with Gasteiger partial charge in [0.05, 0.1) is 22.2 Å². The van der Waals surface area contributed by atoms with Crippen LogP contribution in [0.2, 0.25) is 5.02 Å². The molecule has 1 unspecified atom stereocenters. The Morgan fingerprint density at radius 3 is 2.68 bits per heavy atom. The highest BCUT2D eigenvalue weighted by Crippen LogP contribution is 2.22. The van der Waals surface area contributed by atoms with Crippen LogP contribution in [-0.4, -0.2) is 43.8 Å². The number of hydrogen-bond donors (Lipinski definition) is 1. The number of benzene rings is 1. The van der Waals surface area contributed by atoms with Gasteiger partial charge < -0.3 is 10.6 Å². The van der Waals surface area contributed by atoms with E-state index in [9.17, 15) is 13.2 Å². The molecular weight excluding hydrogens is 288 g/mol. The molecular formula is C12H15ClN2O3S. The summed E-state index contributed by atoms with van der Waals surface area (Å²) in [6, 6.07) is 4.38. The van der Waals surface area contributed by atoms with Crippen molar-refractivity contribution in [1.82, 2.24) is 4.90 Å². The SMILES string of the molecule is CN(C(=O)c1ccc(Cl)c(N)c1)C1CCS(=O)(=O)C1. The maximum absolute atomic E-state index is 12.2. The number of nitrogens with two attached hydrogens (primary N) is 1. The van der Waals surface area contributed by atoms with E-state index in [4.69, 9.17) is 17.3 Å². The summed E-state index contributed by atoms with van der Waals surface area (Å²) in [5, 5.41) is 0.391. The van der Waals surface area contributed by atoms with Crippen molar-refractivity contribution in [1.29, 1.82) is 0 Å². The van der Waals surface area contributed by atoms with Crippen molar-refractivity contribution in [3.63, 3.8) is 0 Å². The molecule has 1 aliphatic rings. The van der Waals surface area contributed by atoms with E-state index in [-0.39, 0.29) is 23.5 Å². The lowest BCUT2D eigenvalue weighted by Gasteiger charge is -2.23. The molecule has 1 aliphatic heterocycles. The summed E-state index contributed by atoms with van der Waals surface area (Å²) < 4.78 is 22.9. The summed E-state index contributed by atoms with van der Waals surface area (Å²) in [5.41, 5.74) is 6.40. The van der Waals surface area contributed by atoms with Crippen LogP contribution in [0.3, 0.4) is 0 Å². The molecule has 0 aromatic heterocycles. The monoisotopic (exact) mass is 302 g/mol. The minimum absolute atomic E-state index is 0.0261. The Balaban J connectivity index is 2.17. The van der Waals surface area contributed by atoms with E-state index in [0.29, 0.717) is 22.7 Å². The Morgan fingerprint density at radius 1 is 1.47 bits per heavy atom. The molecule has 7 heteroatoms. The maximum atomic E-state index is 12.2. The minimum atomic E-state index is -3.01. The van der Waals surface area contributed by atoms with Gasteiger partial charge >= 0.3 is 0 Å². The first kappa shape index (κ1) is 14.1. The van der Waals surface area contributed by atoms with Crippen molar-refractivity contribution >= 4 is 33.0 Å². The van der Waals surface area contributed by atoms with Gasteiger partial charge in [0.2, 0.25) is 0 Å². The lowest BCUT2D eigenvalue weighted by atomic mass is 10.1. The maximum Gasteiger partial charge on any atom is 0.253 e. The standard InChI is InChI=1S/C12H15ClN2O3S/c1-15(9-4-5-19(17,18)7-9)12(16)8-2-3-10(13)11(14)6-8/h2-3,6,9H,4-5,7,14H2,1H3. The average Bonchev–Trinajstić information content (AvgIpc) is 2.71. The van der Waals surface area contributed by atoms with Crippen molar-refractivity contribution in [2.45, 2.75) is 12.5 Å². The molecule has 5 nitrogen and oxygen atoms in total. The van der Waals surface area contributed by atoms with Crippen molar-refractivity contribution in [2.24, 2.45) is 0 Å². The molecule has 2 N–H and O–H groups in total. The summed E-state index contributed by atoms with van der Waals surface area (Å²) in [6.45, 7) is 0. The highest BCUT2D eigenvalue weighted by atomic mass is 35.5. The van der Waals surface area contributed by atoms with Gasteiger partial charge in [0.25, 0.3) is 5.91 Å². The Morgan fingerprint density at radius 2 is 2.16 bits per heavy atom. The van der Waals surface area contributed by atoms with E-state index in [1.54, 1.807) is 19.2 Å². The van der Waals surface area contributed by atoms with Crippen LogP contribution in [0, 0.1) is 0 Å². The van der Waals surface area contributed by atoms with Crippen LogP contribution in [0.5, 0.6) is 0 Å². The number of sulfone groups is 1. The third-order valence-corrected chi connectivity index (χ3v) is 5.41. The van der Waals surface area contributed by atoms with Gasteiger partial charge in [-0.25, -0.2) is 8.42 Å². The molecule has 2 rings (SSSR count). The van der Waals surface area contributed by atoms with Gasteiger partial charge in [-0.2, -0.15) is 0 Å². The summed E-state index contributed by atoms with van der Waals surface area (Å²) >= 11 is 5.80. The van der Waals surface area contributed by atoms with E-state index in [1.165, 1.54) is 11.0 Å². The zero-order valence-electron chi connectivity index (χ0n) is 10.5. The van der Waals surface area contributed by atoms with Gasteiger partial charge in [-0.1, -0.05) is 11.6 Å². The Hall–Kier alpha value is -1.27. The number of nitrogens with zero attached hydrogens (tertiary/aromatic N) is 1. The number of nitrogen functional groups attached to an aromatic ring is 1. The van der Waals surface area contributed by atoms with Gasteiger partial charge in [0.15, 0.2) is 9.84 Å². The number of amides is 1. The molecule has 1 aromatic rings. The molecule has 1 heterocycles. The average molecular weight is 303 g/mol. The van der Waals surface area contributed by atoms with Gasteiger partial charge in [-0.05, 0) is 24.6 Å². The fraction of sp³-hybridized carbons (Fsp3) is 0.417. The molecule has 1 amide bonds. The van der Waals surface area contributed by atoms with Crippen LogP contribution in [0.15, 0.2) is 18.2 Å². The Kier molecular flexibility index (Phi) is 3.73. The summed E-state index contributed by atoms with van der Waals surface area (Å²) in [6.07, 6.45) is 0.480. The lowest BCUT2D eigenvalue weighted by Crippen LogP contribution is -2.37. The second kappa shape index (κ2) is 5.02. The molecule has 104 valence electrons. The van der Waals surface area contributed by atoms with Gasteiger partial charge in [0, 0.05) is 18.7 Å². The lowest BCUT2D eigenvalue weighted by molar-refractivity contribution is 0.0748. The number of anilines is 1. The first-order valence-corrected chi connectivity index (χ1v) is 8.03. The summed E-state index contributed by atoms with van der Waals surface area (Å²) in [5.74, 6) is -0.0819. The van der Waals surface area contributed by atoms with Crippen molar-refractivity contribution < 1.29 is 13.2 Å². The molecule has 0 spiro atoms. The molecule has 1 fully saturated rings. The second-order valence-electron chi connectivity index (χ2n) is 4.71. The molecule has 1 atom stereocenters. The predicted octanol–water partition coefficient (Wildman–Crippen LogP) is 1.18. The molecule has 0 bridgehead atoms. The van der Waals surface area contributed by atoms with Gasteiger partial charge in [-0.3, -0.25) is 4.79 Å². The van der Waals surface area contributed by atoms with Crippen LogP contribution >= 0.6 is 11.6 Å². The first-order valence-electron chi connectivity index (χ1n) is 5.83. The largest absolute Gasteiger partial charge is 0.398 e. The Labute approximate surface area is 117 Å². The normalized spacial score (nSPS) is 21.3. The van der Waals surface area contributed by atoms with Gasteiger partial charge in [-0.15, -0.1) is 0 Å². The molecule has 0 saturated carbocycles. The third kappa shape index (κ3) is 3.01. The topological polar surface area (TPSA) is 80.5 Å². The van der Waals surface area contributed by atoms with E-state index >= 15 is 0 Å². The molecule has 1 saturated heterocycles. The Bertz CT molecular complexity index is 615. The zero-order valence-corrected chi connectivity index (χ0v) is 12.0. The number of hydrogen-bond acceptors (Lipinski definition) is 4. The first-order chi connectivity index (χ1) is 8.80. The zero-order chi connectivity index (χ0) is 14.2. The second-order valence-corrected chi connectivity index (χ2v) is 7.35. The quantitative estimate of drug-likeness (QED) is 0.832. The highest BCUT2D eigenvalue weighted by molar-refractivity contribution is 7.91. The van der Waals surface area contributed by atoms with Crippen molar-refractivity contribution in [3.05, 3.63) is 28.8 Å². The third-order valence-electron chi connectivity index (χ3n) is 3.32. The molecule has 19 heavy (non-hydrogen) atoms. The van der Waals surface area contributed by atoms with Gasteiger partial charge in [0.1, 0.15) is 0 Å². The highest BCUT2D eigenvalue weighted by Gasteiger charge is 2.33. The fourth-order valence-electron chi connectivity index (χ4n) is 2.13. The molecule has 0 aliphatic carbocycles. The molecule has 1 aromatic carbocycles. The summed E-state index contributed by atoms with van der Waals surface area (Å²) in [4.78, 5) is 13.7. The van der Waals surface area contributed by atoms with Crippen LogP contribution in [0.25, 0.3) is 0 Å². The van der Waals surface area contributed by atoms with E-state index < -0.39 is 9.84 Å². The fourth-order valence-corrected chi connectivity index (χ4v) is 4.02. The summed E-state index contributed by atoms with van der Waals surface area (Å²) in [7, 11) is -1.40. The van der Waals surface area contributed by atoms with E-state index in [0.717, 1.165) is 0 Å². The van der Waals surface area contributed by atoms with Crippen LogP contribution in [0.4, 0.5) is 5.69 Å². The van der Waals surface area contributed by atoms with E-state index in [1.807, 2.05) is 0 Å². The minimum Gasteiger partial charge on any atom is -0.398 e. The van der Waals surface area contributed by atoms with Crippen molar-refractivity contribution in [3.8, 4) is 0 Å². The number of carbonyl (C=O) groups is 1. The van der Waals surface area contributed by atoms with Crippen LogP contribution < -0.4 is 5.73 Å². The number of carbonyl (C=O) groups excluding carboxylic acids is 1. The van der Waals surface area contributed by atoms with Crippen LogP contribution in [-0.2, 0) is 9.84 Å². The predicted molar refractivity (Wildman–Crippen MR) is 75.0 cm³/mol. The van der Waals surface area contributed by atoms with E-state index in [2.05, 4.69) is 0 Å².